The highest BCUT2D eigenvalue weighted by Crippen LogP contribution is 2.28. The molecule has 1 heterocycles. The van der Waals surface area contributed by atoms with Crippen molar-refractivity contribution < 1.29 is 13.9 Å². The van der Waals surface area contributed by atoms with Crippen LogP contribution in [-0.4, -0.2) is 12.1 Å². The number of hydrogen-bond donors (Lipinski definition) is 0. The van der Waals surface area contributed by atoms with Gasteiger partial charge in [0.2, 0.25) is 11.6 Å². The molecule has 0 atom stereocenters. The largest absolute Gasteiger partial charge is 0.497 e. The standard InChI is InChI=1S/C14H10ClFN2O2/c1-17-12-7-11(16)14(18-13(12)15)20-8-9-3-5-10(19-2)6-4-9/h3-7H,8H2,2H3. The normalized spacial score (nSPS) is 9.90. The Morgan fingerprint density at radius 1 is 1.35 bits per heavy atom. The lowest BCUT2D eigenvalue weighted by atomic mass is 10.2. The van der Waals surface area contributed by atoms with Crippen LogP contribution in [0, 0.1) is 12.4 Å². The molecule has 2 aromatic rings. The predicted octanol–water partition coefficient (Wildman–Crippen LogP) is 4.01. The first-order valence-corrected chi connectivity index (χ1v) is 6.01. The van der Waals surface area contributed by atoms with E-state index in [-0.39, 0.29) is 23.3 Å². The Morgan fingerprint density at radius 2 is 2.05 bits per heavy atom. The van der Waals surface area contributed by atoms with E-state index in [2.05, 4.69) is 9.83 Å². The maximum Gasteiger partial charge on any atom is 0.249 e. The minimum Gasteiger partial charge on any atom is -0.497 e. The molecule has 20 heavy (non-hydrogen) atoms. The summed E-state index contributed by atoms with van der Waals surface area (Å²) < 4.78 is 23.9. The number of halogens is 2. The van der Waals surface area contributed by atoms with E-state index >= 15 is 0 Å². The second-order valence-corrected chi connectivity index (χ2v) is 4.19. The summed E-state index contributed by atoms with van der Waals surface area (Å²) in [7, 11) is 1.58. The van der Waals surface area contributed by atoms with E-state index in [4.69, 9.17) is 27.6 Å². The van der Waals surface area contributed by atoms with Crippen LogP contribution in [0.2, 0.25) is 5.15 Å². The molecule has 0 aliphatic carbocycles. The number of ether oxygens (including phenoxy) is 2. The first-order chi connectivity index (χ1) is 9.63. The van der Waals surface area contributed by atoms with E-state index in [0.717, 1.165) is 17.4 Å². The van der Waals surface area contributed by atoms with Crippen LogP contribution in [0.15, 0.2) is 30.3 Å². The smallest absolute Gasteiger partial charge is 0.249 e. The highest BCUT2D eigenvalue weighted by Gasteiger charge is 2.11. The van der Waals surface area contributed by atoms with E-state index in [1.54, 1.807) is 31.4 Å². The molecule has 0 spiro atoms. The van der Waals surface area contributed by atoms with Gasteiger partial charge in [-0.15, -0.1) is 0 Å². The summed E-state index contributed by atoms with van der Waals surface area (Å²) in [6.07, 6.45) is 0. The number of pyridine rings is 1. The number of aromatic nitrogens is 1. The van der Waals surface area contributed by atoms with Crippen molar-refractivity contribution in [3.63, 3.8) is 0 Å². The molecule has 1 aromatic heterocycles. The third kappa shape index (κ3) is 3.16. The minimum absolute atomic E-state index is 0.0408. The molecule has 0 bridgehead atoms. The minimum atomic E-state index is -0.714. The number of benzene rings is 1. The maximum atomic E-state index is 13.6. The van der Waals surface area contributed by atoms with E-state index < -0.39 is 5.82 Å². The summed E-state index contributed by atoms with van der Waals surface area (Å²) in [5, 5.41) is -0.0777. The lowest BCUT2D eigenvalue weighted by Gasteiger charge is -2.08. The first kappa shape index (κ1) is 14.1. The molecule has 0 amide bonds. The zero-order valence-corrected chi connectivity index (χ0v) is 11.3. The molecule has 0 fully saturated rings. The second kappa shape index (κ2) is 6.22. The van der Waals surface area contributed by atoms with E-state index in [9.17, 15) is 4.39 Å². The fourth-order valence-corrected chi connectivity index (χ4v) is 1.67. The van der Waals surface area contributed by atoms with Crippen molar-refractivity contribution in [2.45, 2.75) is 6.61 Å². The van der Waals surface area contributed by atoms with Crippen molar-refractivity contribution in [2.24, 2.45) is 0 Å². The fourth-order valence-electron chi connectivity index (χ4n) is 1.49. The van der Waals surface area contributed by atoms with Crippen LogP contribution in [0.5, 0.6) is 11.6 Å². The zero-order valence-electron chi connectivity index (χ0n) is 10.6. The van der Waals surface area contributed by atoms with Gasteiger partial charge in [-0.25, -0.2) is 14.2 Å². The van der Waals surface area contributed by atoms with E-state index in [0.29, 0.717) is 0 Å². The monoisotopic (exact) mass is 292 g/mol. The SMILES string of the molecule is [C-]#[N+]c1cc(F)c(OCc2ccc(OC)cc2)nc1Cl. The molecule has 6 heteroatoms. The van der Waals surface area contributed by atoms with Crippen LogP contribution < -0.4 is 9.47 Å². The van der Waals surface area contributed by atoms with Crippen molar-refractivity contribution in [1.82, 2.24) is 4.98 Å². The summed E-state index contributed by atoms with van der Waals surface area (Å²) in [5.74, 6) is -0.213. The average molecular weight is 293 g/mol. The second-order valence-electron chi connectivity index (χ2n) is 3.83. The van der Waals surface area contributed by atoms with Gasteiger partial charge in [0.25, 0.3) is 0 Å². The summed E-state index contributed by atoms with van der Waals surface area (Å²) in [6.45, 7) is 6.95. The van der Waals surface area contributed by atoms with Crippen molar-refractivity contribution in [3.8, 4) is 11.6 Å². The van der Waals surface area contributed by atoms with Gasteiger partial charge in [0, 0.05) is 0 Å². The summed E-state index contributed by atoms with van der Waals surface area (Å²) in [5.41, 5.74) is 0.790. The van der Waals surface area contributed by atoms with Crippen LogP contribution >= 0.6 is 11.6 Å². The van der Waals surface area contributed by atoms with Crippen LogP contribution in [0.1, 0.15) is 5.56 Å². The quantitative estimate of drug-likeness (QED) is 0.631. The molecule has 4 nitrogen and oxygen atoms in total. The van der Waals surface area contributed by atoms with Gasteiger partial charge in [-0.05, 0) is 23.8 Å². The van der Waals surface area contributed by atoms with Crippen molar-refractivity contribution in [3.05, 3.63) is 58.3 Å². The molecule has 0 unspecified atom stereocenters. The molecule has 1 aromatic carbocycles. The van der Waals surface area contributed by atoms with Gasteiger partial charge in [-0.3, -0.25) is 0 Å². The molecule has 0 radical (unpaired) electrons. The Kier molecular flexibility index (Phi) is 4.38. The third-order valence-corrected chi connectivity index (χ3v) is 2.81. The number of nitrogens with zero attached hydrogens (tertiary/aromatic N) is 2. The molecule has 0 saturated heterocycles. The van der Waals surface area contributed by atoms with Crippen LogP contribution in [0.3, 0.4) is 0 Å². The molecule has 102 valence electrons. The Labute approximate surface area is 120 Å². The average Bonchev–Trinajstić information content (AvgIpc) is 2.48. The molecule has 0 aliphatic rings. The van der Waals surface area contributed by atoms with Gasteiger partial charge in [-0.1, -0.05) is 23.7 Å². The predicted molar refractivity (Wildman–Crippen MR) is 72.8 cm³/mol. The number of rotatable bonds is 4. The first-order valence-electron chi connectivity index (χ1n) is 5.63. The lowest BCUT2D eigenvalue weighted by molar-refractivity contribution is 0.277. The highest BCUT2D eigenvalue weighted by molar-refractivity contribution is 6.32. The molecule has 0 aliphatic heterocycles. The van der Waals surface area contributed by atoms with Gasteiger partial charge >= 0.3 is 0 Å². The summed E-state index contributed by atoms with van der Waals surface area (Å²) in [4.78, 5) is 6.78. The highest BCUT2D eigenvalue weighted by atomic mass is 35.5. The van der Waals surface area contributed by atoms with E-state index in [1.807, 2.05) is 0 Å². The van der Waals surface area contributed by atoms with Gasteiger partial charge < -0.3 is 9.47 Å². The molecule has 0 N–H and O–H groups in total. The topological polar surface area (TPSA) is 35.7 Å². The Morgan fingerprint density at radius 3 is 2.65 bits per heavy atom. The van der Waals surface area contributed by atoms with Gasteiger partial charge in [0.05, 0.1) is 13.7 Å². The maximum absolute atomic E-state index is 13.6. The molecular formula is C14H10ClFN2O2. The van der Waals surface area contributed by atoms with Crippen molar-refractivity contribution in [2.75, 3.05) is 7.11 Å². The third-order valence-electron chi connectivity index (χ3n) is 2.53. The summed E-state index contributed by atoms with van der Waals surface area (Å²) >= 11 is 5.73. The Balaban J connectivity index is 2.10. The number of hydrogen-bond acceptors (Lipinski definition) is 3. The van der Waals surface area contributed by atoms with E-state index in [1.165, 1.54) is 0 Å². The lowest BCUT2D eigenvalue weighted by Crippen LogP contribution is -2.00. The van der Waals surface area contributed by atoms with Gasteiger partial charge in [-0.2, -0.15) is 0 Å². The molecule has 0 saturated carbocycles. The van der Waals surface area contributed by atoms with Crippen LogP contribution in [-0.2, 0) is 6.61 Å². The van der Waals surface area contributed by atoms with Crippen LogP contribution in [0.4, 0.5) is 10.1 Å². The van der Waals surface area contributed by atoms with Gasteiger partial charge in [0.1, 0.15) is 17.5 Å². The zero-order chi connectivity index (χ0) is 14.5. The Bertz CT molecular complexity index is 653. The van der Waals surface area contributed by atoms with Crippen molar-refractivity contribution in [1.29, 1.82) is 0 Å². The van der Waals surface area contributed by atoms with Gasteiger partial charge in [0.15, 0.2) is 5.82 Å². The summed E-state index contributed by atoms with van der Waals surface area (Å²) in [6, 6.07) is 8.15. The fraction of sp³-hybridized carbons (Fsp3) is 0.143. The number of methoxy groups -OCH3 is 1. The molecule has 2 rings (SSSR count). The Hall–Kier alpha value is -2.32. The van der Waals surface area contributed by atoms with Crippen molar-refractivity contribution >= 4 is 17.3 Å². The molecular weight excluding hydrogens is 283 g/mol. The van der Waals surface area contributed by atoms with Crippen LogP contribution in [0.25, 0.3) is 4.85 Å².